The Labute approximate surface area is 116 Å². The molecular formula is C14H15ClFN3. The first-order valence-corrected chi connectivity index (χ1v) is 6.67. The summed E-state index contributed by atoms with van der Waals surface area (Å²) in [5.74, 6) is -0.402. The number of rotatable bonds is 2. The van der Waals surface area contributed by atoms with E-state index < -0.39 is 5.82 Å². The van der Waals surface area contributed by atoms with Gasteiger partial charge in [0.2, 0.25) is 0 Å². The molecule has 1 saturated heterocycles. The minimum atomic E-state index is -0.402. The quantitative estimate of drug-likeness (QED) is 0.916. The van der Waals surface area contributed by atoms with Crippen molar-refractivity contribution >= 4 is 11.6 Å². The zero-order valence-electron chi connectivity index (χ0n) is 10.7. The third-order valence-corrected chi connectivity index (χ3v) is 4.10. The average Bonchev–Trinajstić information content (AvgIpc) is 3.02. The van der Waals surface area contributed by atoms with E-state index in [0.717, 1.165) is 30.9 Å². The SMILES string of the molecule is CC1(c2cncn2-c2ccc(F)c(Cl)c2)CCNC1. The summed E-state index contributed by atoms with van der Waals surface area (Å²) in [6.45, 7) is 4.14. The summed E-state index contributed by atoms with van der Waals surface area (Å²) in [6, 6.07) is 4.74. The number of benzene rings is 1. The van der Waals surface area contributed by atoms with Crippen LogP contribution in [0.15, 0.2) is 30.7 Å². The molecule has 19 heavy (non-hydrogen) atoms. The Hall–Kier alpha value is -1.39. The number of hydrogen-bond acceptors (Lipinski definition) is 2. The largest absolute Gasteiger partial charge is 0.316 e. The van der Waals surface area contributed by atoms with E-state index in [0.29, 0.717) is 0 Å². The molecule has 5 heteroatoms. The molecule has 0 spiro atoms. The van der Waals surface area contributed by atoms with Gasteiger partial charge in [0, 0.05) is 29.5 Å². The number of hydrogen-bond donors (Lipinski definition) is 1. The van der Waals surface area contributed by atoms with Crippen molar-refractivity contribution in [1.82, 2.24) is 14.9 Å². The van der Waals surface area contributed by atoms with Crippen LogP contribution in [0, 0.1) is 5.82 Å². The molecular weight excluding hydrogens is 265 g/mol. The number of nitrogens with zero attached hydrogens (tertiary/aromatic N) is 2. The maximum atomic E-state index is 13.3. The highest BCUT2D eigenvalue weighted by Gasteiger charge is 2.33. The summed E-state index contributed by atoms with van der Waals surface area (Å²) in [5, 5.41) is 3.50. The summed E-state index contributed by atoms with van der Waals surface area (Å²) < 4.78 is 15.2. The first kappa shape index (κ1) is 12.6. The summed E-state index contributed by atoms with van der Waals surface area (Å²) in [4.78, 5) is 4.24. The maximum Gasteiger partial charge on any atom is 0.141 e. The van der Waals surface area contributed by atoms with Crippen molar-refractivity contribution in [3.8, 4) is 5.69 Å². The van der Waals surface area contributed by atoms with Crippen LogP contribution in [0.2, 0.25) is 5.02 Å². The highest BCUT2D eigenvalue weighted by Crippen LogP contribution is 2.32. The minimum absolute atomic E-state index is 0.0529. The van der Waals surface area contributed by atoms with E-state index >= 15 is 0 Å². The topological polar surface area (TPSA) is 29.9 Å². The third-order valence-electron chi connectivity index (χ3n) is 3.81. The molecule has 1 atom stereocenters. The standard InChI is InChI=1S/C14H15ClFN3/c1-14(4-5-17-8-14)13-7-18-9-19(13)10-2-3-12(16)11(15)6-10/h2-3,6-7,9,17H,4-5,8H2,1H3. The van der Waals surface area contributed by atoms with E-state index in [1.807, 2.05) is 10.8 Å². The lowest BCUT2D eigenvalue weighted by Gasteiger charge is -2.24. The third kappa shape index (κ3) is 2.15. The lowest BCUT2D eigenvalue weighted by Crippen LogP contribution is -2.27. The molecule has 1 unspecified atom stereocenters. The predicted octanol–water partition coefficient (Wildman–Crippen LogP) is 2.92. The van der Waals surface area contributed by atoms with Crippen molar-refractivity contribution in [2.75, 3.05) is 13.1 Å². The molecule has 1 aliphatic rings. The molecule has 100 valence electrons. The van der Waals surface area contributed by atoms with Gasteiger partial charge in [-0.2, -0.15) is 0 Å². The van der Waals surface area contributed by atoms with Gasteiger partial charge in [0.05, 0.1) is 11.3 Å². The van der Waals surface area contributed by atoms with Crippen LogP contribution in [0.25, 0.3) is 5.69 Å². The molecule has 0 amide bonds. The molecule has 1 aliphatic heterocycles. The second-order valence-corrected chi connectivity index (χ2v) is 5.64. The second-order valence-electron chi connectivity index (χ2n) is 5.23. The predicted molar refractivity (Wildman–Crippen MR) is 73.4 cm³/mol. The van der Waals surface area contributed by atoms with Gasteiger partial charge in [-0.3, -0.25) is 0 Å². The highest BCUT2D eigenvalue weighted by atomic mass is 35.5. The van der Waals surface area contributed by atoms with Crippen molar-refractivity contribution in [3.63, 3.8) is 0 Å². The fraction of sp³-hybridized carbons (Fsp3) is 0.357. The molecule has 2 heterocycles. The van der Waals surface area contributed by atoms with Crippen LogP contribution in [0.4, 0.5) is 4.39 Å². The van der Waals surface area contributed by atoms with E-state index in [9.17, 15) is 4.39 Å². The summed E-state index contributed by atoms with van der Waals surface area (Å²) in [5.41, 5.74) is 2.02. The van der Waals surface area contributed by atoms with Crippen molar-refractivity contribution in [2.45, 2.75) is 18.8 Å². The van der Waals surface area contributed by atoms with Gasteiger partial charge < -0.3 is 9.88 Å². The molecule has 0 bridgehead atoms. The van der Waals surface area contributed by atoms with Crippen molar-refractivity contribution in [1.29, 1.82) is 0 Å². The van der Waals surface area contributed by atoms with E-state index in [1.54, 1.807) is 18.5 Å². The lowest BCUT2D eigenvalue weighted by molar-refractivity contribution is 0.498. The zero-order valence-corrected chi connectivity index (χ0v) is 11.4. The van der Waals surface area contributed by atoms with Crippen LogP contribution in [-0.4, -0.2) is 22.6 Å². The molecule has 3 rings (SSSR count). The molecule has 1 aromatic heterocycles. The van der Waals surface area contributed by atoms with Crippen molar-refractivity contribution in [2.24, 2.45) is 0 Å². The van der Waals surface area contributed by atoms with E-state index in [1.165, 1.54) is 6.07 Å². The average molecular weight is 280 g/mol. The lowest BCUT2D eigenvalue weighted by atomic mass is 9.86. The molecule has 1 N–H and O–H groups in total. The number of imidazole rings is 1. The van der Waals surface area contributed by atoms with Crippen LogP contribution in [0.5, 0.6) is 0 Å². The summed E-state index contributed by atoms with van der Waals surface area (Å²) in [6.07, 6.45) is 4.69. The van der Waals surface area contributed by atoms with Gasteiger partial charge >= 0.3 is 0 Å². The maximum absolute atomic E-state index is 13.3. The first-order chi connectivity index (χ1) is 9.10. The fourth-order valence-electron chi connectivity index (χ4n) is 2.62. The second kappa shape index (κ2) is 4.62. The smallest absolute Gasteiger partial charge is 0.141 e. The Kier molecular flexibility index (Phi) is 3.07. The van der Waals surface area contributed by atoms with Crippen LogP contribution < -0.4 is 5.32 Å². The Morgan fingerprint density at radius 3 is 3.00 bits per heavy atom. The van der Waals surface area contributed by atoms with Crippen LogP contribution >= 0.6 is 11.6 Å². The van der Waals surface area contributed by atoms with Gasteiger partial charge in [-0.1, -0.05) is 18.5 Å². The first-order valence-electron chi connectivity index (χ1n) is 6.29. The Bertz CT molecular complexity index is 602. The van der Waals surface area contributed by atoms with Crippen molar-refractivity contribution in [3.05, 3.63) is 47.3 Å². The van der Waals surface area contributed by atoms with E-state index in [-0.39, 0.29) is 10.4 Å². The van der Waals surface area contributed by atoms with Gasteiger partial charge in [-0.15, -0.1) is 0 Å². The van der Waals surface area contributed by atoms with Gasteiger partial charge in [-0.25, -0.2) is 9.37 Å². The van der Waals surface area contributed by atoms with E-state index in [2.05, 4.69) is 17.2 Å². The van der Waals surface area contributed by atoms with Crippen LogP contribution in [0.3, 0.4) is 0 Å². The zero-order chi connectivity index (χ0) is 13.5. The molecule has 2 aromatic rings. The van der Waals surface area contributed by atoms with Crippen molar-refractivity contribution < 1.29 is 4.39 Å². The Balaban J connectivity index is 2.06. The molecule has 1 fully saturated rings. The molecule has 0 radical (unpaired) electrons. The van der Waals surface area contributed by atoms with Gasteiger partial charge in [0.1, 0.15) is 5.82 Å². The van der Waals surface area contributed by atoms with Crippen LogP contribution in [-0.2, 0) is 5.41 Å². The van der Waals surface area contributed by atoms with Gasteiger partial charge in [-0.05, 0) is 31.2 Å². The number of aromatic nitrogens is 2. The molecule has 0 aliphatic carbocycles. The Morgan fingerprint density at radius 2 is 2.32 bits per heavy atom. The number of halogens is 2. The summed E-state index contributed by atoms with van der Waals surface area (Å²) >= 11 is 5.86. The van der Waals surface area contributed by atoms with Gasteiger partial charge in [0.15, 0.2) is 0 Å². The highest BCUT2D eigenvalue weighted by molar-refractivity contribution is 6.30. The molecule has 0 saturated carbocycles. The molecule has 1 aromatic carbocycles. The van der Waals surface area contributed by atoms with Gasteiger partial charge in [0.25, 0.3) is 0 Å². The fourth-order valence-corrected chi connectivity index (χ4v) is 2.79. The van der Waals surface area contributed by atoms with E-state index in [4.69, 9.17) is 11.6 Å². The minimum Gasteiger partial charge on any atom is -0.316 e. The monoisotopic (exact) mass is 279 g/mol. The van der Waals surface area contributed by atoms with Crippen LogP contribution in [0.1, 0.15) is 19.0 Å². The molecule has 3 nitrogen and oxygen atoms in total. The number of nitrogens with one attached hydrogen (secondary N) is 1. The normalized spacial score (nSPS) is 22.9. The Morgan fingerprint density at radius 1 is 1.47 bits per heavy atom. The summed E-state index contributed by atoms with van der Waals surface area (Å²) in [7, 11) is 0.